The maximum atomic E-state index is 11.2. The summed E-state index contributed by atoms with van der Waals surface area (Å²) in [5.74, 6) is -0.353. The van der Waals surface area contributed by atoms with Gasteiger partial charge in [0.2, 0.25) is 0 Å². The Morgan fingerprint density at radius 2 is 2.36 bits per heavy atom. The Balaban J connectivity index is 2.62. The van der Waals surface area contributed by atoms with Crippen LogP contribution in [0.25, 0.3) is 10.9 Å². The lowest BCUT2D eigenvalue weighted by molar-refractivity contribution is 0.0595. The van der Waals surface area contributed by atoms with Crippen molar-refractivity contribution in [3.05, 3.63) is 35.5 Å². The first-order valence-corrected chi connectivity index (χ1v) is 4.30. The average molecular weight is 188 g/mol. The molecule has 1 radical (unpaired) electrons. The Morgan fingerprint density at radius 1 is 1.57 bits per heavy atom. The number of carbonyl (C=O) groups is 1. The van der Waals surface area contributed by atoms with E-state index in [0.717, 1.165) is 16.5 Å². The number of fused-ring (bicyclic) bond motifs is 1. The first-order chi connectivity index (χ1) is 6.72. The van der Waals surface area contributed by atoms with Gasteiger partial charge in [0.05, 0.1) is 7.11 Å². The lowest BCUT2D eigenvalue weighted by Crippen LogP contribution is -2.00. The fraction of sp³-hybridized carbons (Fsp3) is 0.182. The molecular formula is C11H10NO2. The molecule has 3 nitrogen and oxygen atoms in total. The second kappa shape index (κ2) is 3.18. The molecule has 1 aromatic heterocycles. The van der Waals surface area contributed by atoms with Crippen LogP contribution in [0.4, 0.5) is 0 Å². The highest BCUT2D eigenvalue weighted by Crippen LogP contribution is 2.18. The number of aryl methyl sites for hydroxylation is 1. The summed E-state index contributed by atoms with van der Waals surface area (Å²) >= 11 is 0. The van der Waals surface area contributed by atoms with E-state index in [0.29, 0.717) is 5.69 Å². The van der Waals surface area contributed by atoms with Crippen molar-refractivity contribution in [1.82, 2.24) is 4.98 Å². The molecule has 14 heavy (non-hydrogen) atoms. The Morgan fingerprint density at radius 3 is 3.00 bits per heavy atom. The highest BCUT2D eigenvalue weighted by Gasteiger charge is 2.09. The molecule has 0 aliphatic rings. The van der Waals surface area contributed by atoms with Gasteiger partial charge in [-0.1, -0.05) is 12.1 Å². The Kier molecular flexibility index (Phi) is 2.00. The minimum Gasteiger partial charge on any atom is -0.464 e. The van der Waals surface area contributed by atoms with Crippen LogP contribution in [0.3, 0.4) is 0 Å². The Hall–Kier alpha value is -1.77. The van der Waals surface area contributed by atoms with E-state index < -0.39 is 0 Å². The van der Waals surface area contributed by atoms with Crippen LogP contribution >= 0.6 is 0 Å². The number of ether oxygens (including phenoxy) is 1. The van der Waals surface area contributed by atoms with Gasteiger partial charge in [-0.3, -0.25) is 0 Å². The summed E-state index contributed by atoms with van der Waals surface area (Å²) in [7, 11) is 1.37. The highest BCUT2D eigenvalue weighted by atomic mass is 16.5. The maximum Gasteiger partial charge on any atom is 0.354 e. The van der Waals surface area contributed by atoms with Crippen LogP contribution in [0.1, 0.15) is 16.1 Å². The summed E-state index contributed by atoms with van der Waals surface area (Å²) in [6, 6.07) is 8.58. The van der Waals surface area contributed by atoms with Gasteiger partial charge in [-0.15, -0.1) is 0 Å². The third-order valence-electron chi connectivity index (χ3n) is 2.19. The van der Waals surface area contributed by atoms with Gasteiger partial charge in [0, 0.05) is 10.9 Å². The lowest BCUT2D eigenvalue weighted by atomic mass is 10.2. The molecule has 0 amide bonds. The molecule has 2 rings (SSSR count). The molecule has 2 aromatic rings. The van der Waals surface area contributed by atoms with Crippen molar-refractivity contribution < 1.29 is 9.53 Å². The number of methoxy groups -OCH3 is 1. The van der Waals surface area contributed by atoms with Crippen molar-refractivity contribution in [2.24, 2.45) is 0 Å². The van der Waals surface area contributed by atoms with Gasteiger partial charge in [0.1, 0.15) is 5.69 Å². The van der Waals surface area contributed by atoms with Gasteiger partial charge < -0.3 is 9.72 Å². The predicted octanol–water partition coefficient (Wildman–Crippen LogP) is 2.06. The summed E-state index contributed by atoms with van der Waals surface area (Å²) in [6.07, 6.45) is 0. The van der Waals surface area contributed by atoms with Gasteiger partial charge in [0.25, 0.3) is 0 Å². The van der Waals surface area contributed by atoms with Crippen molar-refractivity contribution in [3.8, 4) is 0 Å². The van der Waals surface area contributed by atoms with Crippen molar-refractivity contribution >= 4 is 16.9 Å². The van der Waals surface area contributed by atoms with E-state index in [9.17, 15) is 4.79 Å². The molecule has 1 aromatic carbocycles. The summed E-state index contributed by atoms with van der Waals surface area (Å²) in [6.45, 7) is 1.98. The number of esters is 1. The minimum atomic E-state index is -0.353. The molecule has 0 saturated carbocycles. The molecule has 0 spiro atoms. The SMILES string of the molecule is COC(=O)c1cc2[c]ccc(C)c2[nH]1. The smallest absolute Gasteiger partial charge is 0.354 e. The standard InChI is InChI=1S/C11H10NO2/c1-7-4-3-5-8-6-9(11(13)14-2)12-10(7)8/h3-4,6,12H,1-2H3. The zero-order valence-electron chi connectivity index (χ0n) is 8.05. The number of aromatic amines is 1. The van der Waals surface area contributed by atoms with Crippen LogP contribution in [-0.2, 0) is 4.74 Å². The molecule has 3 heteroatoms. The summed E-state index contributed by atoms with van der Waals surface area (Å²) in [5, 5.41) is 0.908. The third kappa shape index (κ3) is 1.27. The topological polar surface area (TPSA) is 42.1 Å². The van der Waals surface area contributed by atoms with Crippen LogP contribution in [0.5, 0.6) is 0 Å². The average Bonchev–Trinajstić information content (AvgIpc) is 2.62. The monoisotopic (exact) mass is 188 g/mol. The zero-order chi connectivity index (χ0) is 10.1. The molecule has 0 unspecified atom stereocenters. The zero-order valence-corrected chi connectivity index (χ0v) is 8.05. The van der Waals surface area contributed by atoms with Gasteiger partial charge in [-0.25, -0.2) is 4.79 Å². The summed E-state index contributed by atoms with van der Waals surface area (Å²) in [5.41, 5.74) is 2.50. The quantitative estimate of drug-likeness (QED) is 0.696. The molecule has 0 fully saturated rings. The largest absolute Gasteiger partial charge is 0.464 e. The molecule has 0 bridgehead atoms. The summed E-state index contributed by atoms with van der Waals surface area (Å²) in [4.78, 5) is 14.2. The second-order valence-electron chi connectivity index (χ2n) is 3.12. The van der Waals surface area contributed by atoms with Gasteiger partial charge in [0.15, 0.2) is 0 Å². The number of H-pyrrole nitrogens is 1. The van der Waals surface area contributed by atoms with Gasteiger partial charge >= 0.3 is 5.97 Å². The molecular weight excluding hydrogens is 178 g/mol. The summed E-state index contributed by atoms with van der Waals surface area (Å²) < 4.78 is 4.62. The normalized spacial score (nSPS) is 10.4. The van der Waals surface area contributed by atoms with Gasteiger partial charge in [-0.05, 0) is 24.6 Å². The highest BCUT2D eigenvalue weighted by molar-refractivity contribution is 5.95. The van der Waals surface area contributed by atoms with Crippen LogP contribution in [0, 0.1) is 13.0 Å². The third-order valence-corrected chi connectivity index (χ3v) is 2.19. The molecule has 71 valence electrons. The maximum absolute atomic E-state index is 11.2. The second-order valence-corrected chi connectivity index (χ2v) is 3.12. The van der Waals surface area contributed by atoms with Crippen molar-refractivity contribution in [2.45, 2.75) is 6.92 Å². The fourth-order valence-electron chi connectivity index (χ4n) is 1.44. The number of benzene rings is 1. The Bertz CT molecular complexity index is 485. The van der Waals surface area contributed by atoms with E-state index in [1.165, 1.54) is 7.11 Å². The van der Waals surface area contributed by atoms with E-state index in [-0.39, 0.29) is 5.97 Å². The van der Waals surface area contributed by atoms with E-state index in [1.807, 2.05) is 19.1 Å². The lowest BCUT2D eigenvalue weighted by Gasteiger charge is -1.94. The first kappa shape index (κ1) is 8.81. The van der Waals surface area contributed by atoms with Crippen LogP contribution in [0.2, 0.25) is 0 Å². The number of aromatic nitrogens is 1. The van der Waals surface area contributed by atoms with Crippen molar-refractivity contribution in [2.75, 3.05) is 7.11 Å². The Labute approximate surface area is 81.7 Å². The molecule has 0 saturated heterocycles. The molecule has 0 aliphatic heterocycles. The minimum absolute atomic E-state index is 0.353. The number of hydrogen-bond acceptors (Lipinski definition) is 2. The van der Waals surface area contributed by atoms with Crippen molar-refractivity contribution in [3.63, 3.8) is 0 Å². The number of carbonyl (C=O) groups excluding carboxylic acids is 1. The van der Waals surface area contributed by atoms with Crippen LogP contribution in [-0.4, -0.2) is 18.1 Å². The number of rotatable bonds is 1. The van der Waals surface area contributed by atoms with E-state index >= 15 is 0 Å². The fourth-order valence-corrected chi connectivity index (χ4v) is 1.44. The van der Waals surface area contributed by atoms with Crippen LogP contribution < -0.4 is 0 Å². The van der Waals surface area contributed by atoms with Gasteiger partial charge in [-0.2, -0.15) is 0 Å². The number of hydrogen-bond donors (Lipinski definition) is 1. The number of nitrogens with one attached hydrogen (secondary N) is 1. The van der Waals surface area contributed by atoms with Crippen LogP contribution in [0.15, 0.2) is 18.2 Å². The molecule has 0 atom stereocenters. The molecule has 0 aliphatic carbocycles. The van der Waals surface area contributed by atoms with E-state index in [2.05, 4.69) is 15.8 Å². The first-order valence-electron chi connectivity index (χ1n) is 4.30. The predicted molar refractivity (Wildman–Crippen MR) is 53.2 cm³/mol. The molecule has 1 N–H and O–H groups in total. The van der Waals surface area contributed by atoms with E-state index in [1.54, 1.807) is 6.07 Å². The van der Waals surface area contributed by atoms with Crippen molar-refractivity contribution in [1.29, 1.82) is 0 Å². The molecule has 1 heterocycles. The van der Waals surface area contributed by atoms with E-state index in [4.69, 9.17) is 0 Å².